The van der Waals surface area contributed by atoms with Crippen molar-refractivity contribution in [3.8, 4) is 5.75 Å². The van der Waals surface area contributed by atoms with Crippen molar-refractivity contribution in [2.24, 2.45) is 10.2 Å². The summed E-state index contributed by atoms with van der Waals surface area (Å²) in [4.78, 5) is 13.3. The number of nitrogens with one attached hydrogen (secondary N) is 3. The van der Waals surface area contributed by atoms with E-state index in [1.165, 1.54) is 42.5 Å². The van der Waals surface area contributed by atoms with E-state index in [1.54, 1.807) is 42.5 Å². The largest absolute Gasteiger partial charge is 1.00 e. The number of aromatic hydroxyl groups is 1. The molecule has 0 radical (unpaired) electrons. The first-order chi connectivity index (χ1) is 27.3. The molecule has 0 aliphatic carbocycles. The molecule has 0 saturated heterocycles. The van der Waals surface area contributed by atoms with Gasteiger partial charge < -0.3 is 43.0 Å². The van der Waals surface area contributed by atoms with Crippen molar-refractivity contribution in [2.45, 2.75) is 19.6 Å². The van der Waals surface area contributed by atoms with Crippen LogP contribution in [0.25, 0.3) is 10.8 Å². The minimum Gasteiger partial charge on any atom is -0.744 e. The SMILES string of the molecule is [CH2-]CS(=O)(=O)c1ccc(N=Nc2c(SOO[O-])cc3cc(Nc4nc(Nc5cccc(SOO[O-])c5)nc(Nc5cccc(S(=O)(=O)[O-])c5)n4)ccc3c2O)cc1.[Na+].[Na+].[Na+].[Na+]. The Hall–Kier alpha value is -1.51. The first-order valence-corrected chi connectivity index (χ1v) is 20.2. The Balaban J connectivity index is 0.00000320. The van der Waals surface area contributed by atoms with E-state index >= 15 is 0 Å². The third-order valence-corrected chi connectivity index (χ3v) is 11.0. The Bertz CT molecular complexity index is 2680. The van der Waals surface area contributed by atoms with Gasteiger partial charge in [0.15, 0.2) is 15.6 Å². The van der Waals surface area contributed by atoms with E-state index in [9.17, 15) is 37.0 Å². The molecule has 28 heteroatoms. The maximum atomic E-state index is 12.1. The second-order valence-electron chi connectivity index (χ2n) is 11.2. The number of hydrogen-bond acceptors (Lipinski definition) is 22. The van der Waals surface area contributed by atoms with Gasteiger partial charge >= 0.3 is 118 Å². The maximum absolute atomic E-state index is 12.1. The van der Waals surface area contributed by atoms with Crippen LogP contribution in [0.4, 0.5) is 46.3 Å². The molecule has 61 heavy (non-hydrogen) atoms. The monoisotopic (exact) mass is 944 g/mol. The molecule has 0 amide bonds. The summed E-state index contributed by atoms with van der Waals surface area (Å²) in [5.74, 6) is -0.788. The van der Waals surface area contributed by atoms with Crippen LogP contribution in [-0.4, -0.2) is 47.2 Å². The van der Waals surface area contributed by atoms with Crippen molar-refractivity contribution >= 4 is 101 Å². The predicted molar refractivity (Wildman–Crippen MR) is 200 cm³/mol. The molecular formula is C33H24N8Na4O12S4. The molecule has 6 rings (SSSR count). The minimum atomic E-state index is -4.77. The number of phenols is 1. The Kier molecular flexibility index (Phi) is 23.6. The van der Waals surface area contributed by atoms with Crippen LogP contribution in [0, 0.1) is 6.92 Å². The second kappa shape index (κ2) is 25.8. The van der Waals surface area contributed by atoms with Crippen molar-refractivity contribution in [3.63, 3.8) is 0 Å². The number of aromatic nitrogens is 3. The number of sulfone groups is 1. The molecule has 1 heterocycles. The standard InChI is InChI=1S/C33H27N8O12S4.4Na/c1-2-56(45,46)25-12-9-20(10-13-25)40-41-29-28(55-53-51-44)16-19-15-23(11-14-27(19)30(29)42)36-33-38-31(34-21-5-3-7-24(17-21)54-52-50-43)37-32(39-33)35-22-6-4-8-26(18-22)57(47,48)49;;;;/h3-18,42-44H,1-2H2,(H,47,48,49)(H3,34,35,36,37,38,39);;;;/q-1;4*+1/p-3. The molecule has 1 aromatic heterocycles. The number of phenolic OH excluding ortho intramolecular Hbond substituents is 1. The van der Waals surface area contributed by atoms with Gasteiger partial charge in [-0.1, -0.05) is 17.9 Å². The quantitative estimate of drug-likeness (QED) is 0.0126. The average molecular weight is 945 g/mol. The number of benzene rings is 5. The number of hydrogen-bond donors (Lipinski definition) is 4. The smallest absolute Gasteiger partial charge is 0.744 e. The van der Waals surface area contributed by atoms with Crippen LogP contribution < -0.4 is 145 Å². The van der Waals surface area contributed by atoms with E-state index in [0.29, 0.717) is 51.1 Å². The fourth-order valence-corrected chi connectivity index (χ4v) is 7.14. The molecule has 0 unspecified atom stereocenters. The van der Waals surface area contributed by atoms with E-state index in [1.807, 2.05) is 0 Å². The number of nitrogens with zero attached hydrogens (tertiary/aromatic N) is 5. The summed E-state index contributed by atoms with van der Waals surface area (Å²) < 4.78 is 68.0. The van der Waals surface area contributed by atoms with E-state index in [4.69, 9.17) is 0 Å². The van der Waals surface area contributed by atoms with E-state index < -0.39 is 24.9 Å². The van der Waals surface area contributed by atoms with E-state index in [-0.39, 0.29) is 174 Å². The molecule has 0 aliphatic rings. The molecule has 0 fully saturated rings. The zero-order valence-electron chi connectivity index (χ0n) is 32.5. The van der Waals surface area contributed by atoms with Gasteiger partial charge in [-0.3, -0.25) is 10.1 Å². The van der Waals surface area contributed by atoms with Gasteiger partial charge in [0.1, 0.15) is 15.8 Å². The molecule has 0 spiro atoms. The van der Waals surface area contributed by atoms with Gasteiger partial charge in [-0.2, -0.15) is 28.7 Å². The molecule has 0 atom stereocenters. The normalized spacial score (nSPS) is 11.1. The summed E-state index contributed by atoms with van der Waals surface area (Å²) in [5, 5.41) is 57.0. The van der Waals surface area contributed by atoms with Crippen molar-refractivity contribution in [3.05, 3.63) is 104 Å². The molecule has 6 aromatic rings. The number of azo groups is 1. The van der Waals surface area contributed by atoms with Crippen molar-refractivity contribution in [1.82, 2.24) is 15.0 Å². The van der Waals surface area contributed by atoms with Crippen LogP contribution in [0.3, 0.4) is 0 Å². The third kappa shape index (κ3) is 15.6. The first-order valence-electron chi connectivity index (χ1n) is 15.7. The molecule has 0 saturated carbocycles. The topological polar surface area (TPSA) is 294 Å². The third-order valence-electron chi connectivity index (χ3n) is 7.45. The van der Waals surface area contributed by atoms with Crippen molar-refractivity contribution < 1.29 is 174 Å². The summed E-state index contributed by atoms with van der Waals surface area (Å²) in [6, 6.07) is 23.5. The zero-order chi connectivity index (χ0) is 40.6. The van der Waals surface area contributed by atoms with Gasteiger partial charge in [0.2, 0.25) is 17.8 Å². The van der Waals surface area contributed by atoms with Gasteiger partial charge in [0, 0.05) is 27.3 Å². The second-order valence-corrected chi connectivity index (χ2v) is 16.2. The van der Waals surface area contributed by atoms with Gasteiger partial charge in [-0.05, 0) is 90.3 Å². The Morgan fingerprint density at radius 2 is 1.23 bits per heavy atom. The van der Waals surface area contributed by atoms with E-state index in [0.717, 1.165) is 12.1 Å². The fourth-order valence-electron chi connectivity index (χ4n) is 4.92. The fraction of sp³-hybridized carbons (Fsp3) is 0.0303. The Morgan fingerprint density at radius 1 is 0.672 bits per heavy atom. The molecule has 4 N–H and O–H groups in total. The van der Waals surface area contributed by atoms with Crippen LogP contribution >= 0.6 is 24.1 Å². The molecule has 20 nitrogen and oxygen atoms in total. The zero-order valence-corrected chi connectivity index (χ0v) is 43.7. The summed E-state index contributed by atoms with van der Waals surface area (Å²) >= 11 is 1.11. The summed E-state index contributed by atoms with van der Waals surface area (Å²) in [6.07, 6.45) is 0. The summed E-state index contributed by atoms with van der Waals surface area (Å²) in [5.41, 5.74) is 1.19. The van der Waals surface area contributed by atoms with Gasteiger partial charge in [0.05, 0.1) is 44.5 Å². The molecule has 296 valence electrons. The number of rotatable bonds is 17. The summed E-state index contributed by atoms with van der Waals surface area (Å²) in [6.45, 7) is 3.42. The van der Waals surface area contributed by atoms with Crippen molar-refractivity contribution in [2.75, 3.05) is 21.7 Å². The molecular weight excluding hydrogens is 921 g/mol. The van der Waals surface area contributed by atoms with Crippen LogP contribution in [0.1, 0.15) is 0 Å². The minimum absolute atomic E-state index is 0. The van der Waals surface area contributed by atoms with Crippen LogP contribution in [0.2, 0.25) is 0 Å². The van der Waals surface area contributed by atoms with Crippen molar-refractivity contribution in [1.29, 1.82) is 0 Å². The van der Waals surface area contributed by atoms with Gasteiger partial charge in [-0.25, -0.2) is 16.8 Å². The number of fused-ring (bicyclic) bond motifs is 1. The predicted octanol–water partition coefficient (Wildman–Crippen LogP) is -6.63. The molecule has 0 bridgehead atoms. The van der Waals surface area contributed by atoms with Gasteiger partial charge in [0.25, 0.3) is 0 Å². The maximum Gasteiger partial charge on any atom is 1.00 e. The molecule has 0 aliphatic heterocycles. The summed E-state index contributed by atoms with van der Waals surface area (Å²) in [7, 11) is -8.32. The van der Waals surface area contributed by atoms with Crippen LogP contribution in [-0.2, 0) is 38.7 Å². The Labute approximate surface area is 445 Å². The average Bonchev–Trinajstić information content (AvgIpc) is 3.19. The number of anilines is 6. The van der Waals surface area contributed by atoms with E-state index in [2.05, 4.69) is 66.8 Å². The van der Waals surface area contributed by atoms with Gasteiger partial charge in [-0.15, -0.1) is 5.11 Å². The Morgan fingerprint density at radius 3 is 1.80 bits per heavy atom. The van der Waals surface area contributed by atoms with Crippen LogP contribution in [0.15, 0.2) is 127 Å². The van der Waals surface area contributed by atoms with Crippen LogP contribution in [0.5, 0.6) is 5.75 Å². The molecule has 5 aromatic carbocycles. The first kappa shape index (κ1) is 55.6.